The number of aryl methyl sites for hydroxylation is 2. The Kier molecular flexibility index (Phi) is 4.83. The highest BCUT2D eigenvalue weighted by molar-refractivity contribution is 5.56. The van der Waals surface area contributed by atoms with Crippen molar-refractivity contribution in [1.29, 1.82) is 0 Å². The van der Waals surface area contributed by atoms with Crippen LogP contribution in [0.5, 0.6) is 0 Å². The van der Waals surface area contributed by atoms with Crippen molar-refractivity contribution in [3.63, 3.8) is 0 Å². The molecule has 1 aromatic carbocycles. The van der Waals surface area contributed by atoms with Gasteiger partial charge in [0.2, 0.25) is 0 Å². The van der Waals surface area contributed by atoms with Crippen LogP contribution in [0.4, 0.5) is 5.69 Å². The highest BCUT2D eigenvalue weighted by Gasteiger charge is 2.24. The molecule has 0 aliphatic carbocycles. The highest BCUT2D eigenvalue weighted by atomic mass is 16.3. The maximum absolute atomic E-state index is 9.34. The van der Waals surface area contributed by atoms with E-state index in [-0.39, 0.29) is 6.61 Å². The van der Waals surface area contributed by atoms with Gasteiger partial charge < -0.3 is 14.9 Å². The van der Waals surface area contributed by atoms with Crippen LogP contribution in [0, 0.1) is 13.8 Å². The maximum atomic E-state index is 9.34. The number of likely N-dealkylation sites (N-methyl/N-ethyl adjacent to an activating group) is 1. The highest BCUT2D eigenvalue weighted by Crippen LogP contribution is 2.26. The minimum Gasteiger partial charge on any atom is -0.396 e. The van der Waals surface area contributed by atoms with E-state index in [0.717, 1.165) is 26.1 Å². The van der Waals surface area contributed by atoms with Gasteiger partial charge in [0.05, 0.1) is 0 Å². The van der Waals surface area contributed by atoms with Gasteiger partial charge in [-0.2, -0.15) is 0 Å². The third kappa shape index (κ3) is 3.48. The van der Waals surface area contributed by atoms with Crippen molar-refractivity contribution in [2.45, 2.75) is 32.7 Å². The van der Waals surface area contributed by atoms with Crippen molar-refractivity contribution < 1.29 is 5.11 Å². The Morgan fingerprint density at radius 2 is 2.05 bits per heavy atom. The molecule has 1 aliphatic rings. The zero-order valence-electron chi connectivity index (χ0n) is 12.4. The lowest BCUT2D eigenvalue weighted by Crippen LogP contribution is -2.41. The molecule has 19 heavy (non-hydrogen) atoms. The van der Waals surface area contributed by atoms with E-state index in [1.807, 2.05) is 0 Å². The number of hydrogen-bond donors (Lipinski definition) is 1. The van der Waals surface area contributed by atoms with Crippen LogP contribution in [0.3, 0.4) is 0 Å². The molecule has 0 spiro atoms. The van der Waals surface area contributed by atoms with Gasteiger partial charge in [0.25, 0.3) is 0 Å². The molecular formula is C16H26N2O. The summed E-state index contributed by atoms with van der Waals surface area (Å²) >= 11 is 0. The smallest absolute Gasteiger partial charge is 0.0451 e. The fourth-order valence-electron chi connectivity index (χ4n) is 2.99. The molecule has 1 aromatic rings. The van der Waals surface area contributed by atoms with Gasteiger partial charge >= 0.3 is 0 Å². The van der Waals surface area contributed by atoms with E-state index >= 15 is 0 Å². The Bertz CT molecular complexity index is 419. The second-order valence-corrected chi connectivity index (χ2v) is 5.77. The van der Waals surface area contributed by atoms with Crippen molar-refractivity contribution in [2.24, 2.45) is 0 Å². The molecule has 1 N–H and O–H groups in total. The summed E-state index contributed by atoms with van der Waals surface area (Å²) in [7, 11) is 2.18. The van der Waals surface area contributed by atoms with Crippen LogP contribution >= 0.6 is 0 Å². The van der Waals surface area contributed by atoms with E-state index in [1.165, 1.54) is 23.2 Å². The Balaban J connectivity index is 2.29. The molecule has 1 unspecified atom stereocenters. The predicted octanol–water partition coefficient (Wildman–Crippen LogP) is 2.20. The number of aliphatic hydroxyl groups excluding tert-OH is 1. The van der Waals surface area contributed by atoms with Crippen LogP contribution in [0.25, 0.3) is 0 Å². The molecular weight excluding hydrogens is 236 g/mol. The van der Waals surface area contributed by atoms with Gasteiger partial charge in [-0.3, -0.25) is 0 Å². The van der Waals surface area contributed by atoms with Crippen LogP contribution in [-0.2, 0) is 0 Å². The number of benzene rings is 1. The lowest BCUT2D eigenvalue weighted by Gasteiger charge is -2.34. The first-order valence-corrected chi connectivity index (χ1v) is 7.25. The molecule has 1 aliphatic heterocycles. The molecule has 0 radical (unpaired) electrons. The summed E-state index contributed by atoms with van der Waals surface area (Å²) < 4.78 is 0. The van der Waals surface area contributed by atoms with Gasteiger partial charge in [0.15, 0.2) is 0 Å². The average molecular weight is 262 g/mol. The standard InChI is InChI=1S/C16H26N2O/c1-13-5-6-14(2)16(11-13)18-9-4-8-17(3)12-15(18)7-10-19/h5-6,11,15,19H,4,7-10,12H2,1-3H3. The largest absolute Gasteiger partial charge is 0.396 e. The summed E-state index contributed by atoms with van der Waals surface area (Å²) in [6.45, 7) is 7.85. The molecule has 1 atom stereocenters. The summed E-state index contributed by atoms with van der Waals surface area (Å²) in [4.78, 5) is 4.88. The number of nitrogens with zero attached hydrogens (tertiary/aromatic N) is 2. The third-order valence-electron chi connectivity index (χ3n) is 4.04. The number of hydrogen-bond acceptors (Lipinski definition) is 3. The van der Waals surface area contributed by atoms with Gasteiger partial charge in [-0.25, -0.2) is 0 Å². The van der Waals surface area contributed by atoms with Crippen molar-refractivity contribution in [3.05, 3.63) is 29.3 Å². The summed E-state index contributed by atoms with van der Waals surface area (Å²) in [5, 5.41) is 9.34. The first-order chi connectivity index (χ1) is 9.11. The van der Waals surface area contributed by atoms with E-state index in [2.05, 4.69) is 48.9 Å². The van der Waals surface area contributed by atoms with Crippen LogP contribution in [-0.4, -0.2) is 49.3 Å². The normalized spacial score (nSPS) is 21.5. The number of anilines is 1. The van der Waals surface area contributed by atoms with Crippen molar-refractivity contribution in [3.8, 4) is 0 Å². The van der Waals surface area contributed by atoms with Gasteiger partial charge in [0.1, 0.15) is 0 Å². The number of aliphatic hydroxyl groups is 1. The summed E-state index contributed by atoms with van der Waals surface area (Å²) in [6.07, 6.45) is 2.03. The lowest BCUT2D eigenvalue weighted by atomic mass is 10.1. The number of rotatable bonds is 3. The topological polar surface area (TPSA) is 26.7 Å². The monoisotopic (exact) mass is 262 g/mol. The molecule has 0 aromatic heterocycles. The first kappa shape index (κ1) is 14.4. The molecule has 3 heteroatoms. The van der Waals surface area contributed by atoms with Crippen LogP contribution in [0.2, 0.25) is 0 Å². The molecule has 3 nitrogen and oxygen atoms in total. The van der Waals surface area contributed by atoms with E-state index in [0.29, 0.717) is 6.04 Å². The van der Waals surface area contributed by atoms with E-state index in [1.54, 1.807) is 0 Å². The molecule has 2 rings (SSSR count). The summed E-state index contributed by atoms with van der Waals surface area (Å²) in [5.74, 6) is 0. The fraction of sp³-hybridized carbons (Fsp3) is 0.625. The Labute approximate surface area is 116 Å². The zero-order chi connectivity index (χ0) is 13.8. The average Bonchev–Trinajstić information content (AvgIpc) is 2.55. The van der Waals surface area contributed by atoms with Crippen LogP contribution in [0.15, 0.2) is 18.2 Å². The summed E-state index contributed by atoms with van der Waals surface area (Å²) in [5.41, 5.74) is 3.98. The molecule has 1 fully saturated rings. The van der Waals surface area contributed by atoms with Gasteiger partial charge in [-0.05, 0) is 57.5 Å². The van der Waals surface area contributed by atoms with E-state index in [4.69, 9.17) is 0 Å². The van der Waals surface area contributed by atoms with Gasteiger partial charge in [-0.15, -0.1) is 0 Å². The quantitative estimate of drug-likeness (QED) is 0.904. The van der Waals surface area contributed by atoms with Crippen molar-refractivity contribution in [2.75, 3.05) is 38.2 Å². The van der Waals surface area contributed by atoms with Crippen LogP contribution in [0.1, 0.15) is 24.0 Å². The summed E-state index contributed by atoms with van der Waals surface area (Å²) in [6, 6.07) is 7.07. The zero-order valence-corrected chi connectivity index (χ0v) is 12.4. The SMILES string of the molecule is Cc1ccc(C)c(N2CCCN(C)CC2CCO)c1. The molecule has 0 bridgehead atoms. The Morgan fingerprint density at radius 3 is 2.79 bits per heavy atom. The molecule has 0 saturated carbocycles. The van der Waals surface area contributed by atoms with E-state index in [9.17, 15) is 5.11 Å². The van der Waals surface area contributed by atoms with Crippen LogP contribution < -0.4 is 4.90 Å². The van der Waals surface area contributed by atoms with Crippen molar-refractivity contribution in [1.82, 2.24) is 4.90 Å². The second-order valence-electron chi connectivity index (χ2n) is 5.77. The molecule has 0 amide bonds. The third-order valence-corrected chi connectivity index (χ3v) is 4.04. The van der Waals surface area contributed by atoms with Gasteiger partial charge in [-0.1, -0.05) is 12.1 Å². The Hall–Kier alpha value is -1.06. The van der Waals surface area contributed by atoms with Crippen molar-refractivity contribution >= 4 is 5.69 Å². The predicted molar refractivity (Wildman–Crippen MR) is 80.9 cm³/mol. The minimum atomic E-state index is 0.264. The first-order valence-electron chi connectivity index (χ1n) is 7.25. The lowest BCUT2D eigenvalue weighted by molar-refractivity contribution is 0.253. The van der Waals surface area contributed by atoms with Gasteiger partial charge in [0, 0.05) is 31.4 Å². The maximum Gasteiger partial charge on any atom is 0.0451 e. The molecule has 1 saturated heterocycles. The Morgan fingerprint density at radius 1 is 1.26 bits per heavy atom. The second kappa shape index (κ2) is 6.40. The molecule has 1 heterocycles. The fourth-order valence-corrected chi connectivity index (χ4v) is 2.99. The minimum absolute atomic E-state index is 0.264. The molecule has 106 valence electrons. The van der Waals surface area contributed by atoms with E-state index < -0.39 is 0 Å².